The van der Waals surface area contributed by atoms with Crippen LogP contribution in [0.2, 0.25) is 0 Å². The molecule has 0 saturated carbocycles. The molecule has 0 aliphatic rings. The largest absolute Gasteiger partial charge is 0.492 e. The predicted octanol–water partition coefficient (Wildman–Crippen LogP) is 1.82. The lowest BCUT2D eigenvalue weighted by molar-refractivity contribution is -0.0481. The van der Waals surface area contributed by atoms with Gasteiger partial charge >= 0.3 is 0 Å². The zero-order valence-corrected chi connectivity index (χ0v) is 12.9. The first-order valence-electron chi connectivity index (χ1n) is 7.16. The molecule has 1 aromatic heterocycles. The number of aromatic nitrogens is 2. The van der Waals surface area contributed by atoms with Crippen LogP contribution in [0.25, 0.3) is 10.9 Å². The smallest absolute Gasteiger partial charge is 0.222 e. The molecule has 0 spiro atoms. The van der Waals surface area contributed by atoms with Crippen molar-refractivity contribution in [1.29, 1.82) is 0 Å². The fourth-order valence-corrected chi connectivity index (χ4v) is 2.11. The Balaban J connectivity index is 2.11. The molecule has 1 aromatic carbocycles. The van der Waals surface area contributed by atoms with Gasteiger partial charge < -0.3 is 25.7 Å². The van der Waals surface area contributed by atoms with Gasteiger partial charge in [-0.3, -0.25) is 0 Å². The number of hydrogen-bond donors (Lipinski definition) is 2. The number of benzene rings is 1. The minimum atomic E-state index is 0.154. The molecule has 7 heteroatoms. The van der Waals surface area contributed by atoms with Crippen molar-refractivity contribution >= 4 is 22.7 Å². The lowest BCUT2D eigenvalue weighted by Crippen LogP contribution is -2.18. The second kappa shape index (κ2) is 7.77. The number of methoxy groups -OCH3 is 1. The van der Waals surface area contributed by atoms with E-state index in [2.05, 4.69) is 16.9 Å². The van der Waals surface area contributed by atoms with Crippen LogP contribution in [0.3, 0.4) is 0 Å². The summed E-state index contributed by atoms with van der Waals surface area (Å²) in [6.07, 6.45) is 0.938. The molecular formula is C15H22N4O3. The summed E-state index contributed by atoms with van der Waals surface area (Å²) in [7, 11) is 1.60. The average molecular weight is 306 g/mol. The number of rotatable bonds is 8. The third-order valence-corrected chi connectivity index (χ3v) is 3.34. The highest BCUT2D eigenvalue weighted by Crippen LogP contribution is 2.29. The van der Waals surface area contributed by atoms with E-state index in [1.54, 1.807) is 7.11 Å². The molecule has 1 heterocycles. The Morgan fingerprint density at radius 1 is 1.18 bits per heavy atom. The van der Waals surface area contributed by atoms with Gasteiger partial charge in [0.25, 0.3) is 0 Å². The number of fused-ring (bicyclic) bond motifs is 1. The summed E-state index contributed by atoms with van der Waals surface area (Å²) in [6, 6.07) is 5.53. The molecule has 0 radical (unpaired) electrons. The lowest BCUT2D eigenvalue weighted by atomic mass is 10.1. The van der Waals surface area contributed by atoms with Crippen LogP contribution in [0.5, 0.6) is 5.75 Å². The van der Waals surface area contributed by atoms with Gasteiger partial charge in [-0.25, -0.2) is 4.98 Å². The molecule has 0 bridgehead atoms. The quantitative estimate of drug-likeness (QED) is 0.566. The van der Waals surface area contributed by atoms with Crippen LogP contribution < -0.4 is 16.2 Å². The van der Waals surface area contributed by atoms with E-state index in [0.29, 0.717) is 35.7 Å². The highest BCUT2D eigenvalue weighted by molar-refractivity contribution is 5.94. The number of ether oxygens (including phenoxy) is 3. The Hall–Kier alpha value is -2.12. The van der Waals surface area contributed by atoms with Gasteiger partial charge in [-0.2, -0.15) is 4.98 Å². The van der Waals surface area contributed by atoms with E-state index in [0.717, 1.165) is 6.42 Å². The van der Waals surface area contributed by atoms with Gasteiger partial charge in [0.2, 0.25) is 5.95 Å². The normalized spacial score (nSPS) is 12.5. The monoisotopic (exact) mass is 306 g/mol. The number of nitrogen functional groups attached to an aromatic ring is 2. The van der Waals surface area contributed by atoms with Crippen LogP contribution in [0.15, 0.2) is 18.2 Å². The second-order valence-corrected chi connectivity index (χ2v) is 4.98. The number of nitrogens with two attached hydrogens (primary N) is 2. The summed E-state index contributed by atoms with van der Waals surface area (Å²) < 4.78 is 16.2. The van der Waals surface area contributed by atoms with E-state index in [1.165, 1.54) is 0 Å². The van der Waals surface area contributed by atoms with Gasteiger partial charge in [0.15, 0.2) is 0 Å². The number of nitrogens with zero attached hydrogens (tertiary/aromatic N) is 2. The molecule has 2 aromatic rings. The van der Waals surface area contributed by atoms with Crippen LogP contribution in [0.4, 0.5) is 11.8 Å². The molecule has 1 unspecified atom stereocenters. The van der Waals surface area contributed by atoms with Crippen molar-refractivity contribution in [2.45, 2.75) is 13.3 Å². The van der Waals surface area contributed by atoms with Crippen molar-refractivity contribution in [3.63, 3.8) is 0 Å². The number of hydrogen-bond acceptors (Lipinski definition) is 7. The minimum absolute atomic E-state index is 0.154. The van der Waals surface area contributed by atoms with Crippen molar-refractivity contribution in [1.82, 2.24) is 9.97 Å². The van der Waals surface area contributed by atoms with Crippen molar-refractivity contribution in [3.8, 4) is 5.75 Å². The summed E-state index contributed by atoms with van der Waals surface area (Å²) in [5, 5.41) is 0.685. The molecule has 2 rings (SSSR count). The predicted molar refractivity (Wildman–Crippen MR) is 85.5 cm³/mol. The topological polar surface area (TPSA) is 106 Å². The molecule has 0 aliphatic heterocycles. The Labute approximate surface area is 129 Å². The SMILES string of the molecule is CCC(COCOC)COc1cccc2nc(N)nc(N)c12. The first-order valence-corrected chi connectivity index (χ1v) is 7.16. The van der Waals surface area contributed by atoms with E-state index >= 15 is 0 Å². The summed E-state index contributed by atoms with van der Waals surface area (Å²) in [6.45, 7) is 3.47. The van der Waals surface area contributed by atoms with Crippen LogP contribution in [0.1, 0.15) is 13.3 Å². The molecule has 0 amide bonds. The van der Waals surface area contributed by atoms with Crippen molar-refractivity contribution in [2.75, 3.05) is 38.6 Å². The summed E-state index contributed by atoms with van der Waals surface area (Å²) in [5.41, 5.74) is 12.2. The van der Waals surface area contributed by atoms with Gasteiger partial charge in [0.05, 0.1) is 24.1 Å². The third-order valence-electron chi connectivity index (χ3n) is 3.34. The Bertz CT molecular complexity index is 621. The van der Waals surface area contributed by atoms with E-state index in [9.17, 15) is 0 Å². The molecule has 1 atom stereocenters. The maximum Gasteiger partial charge on any atom is 0.222 e. The van der Waals surface area contributed by atoms with Crippen LogP contribution >= 0.6 is 0 Å². The van der Waals surface area contributed by atoms with Gasteiger partial charge in [-0.15, -0.1) is 0 Å². The van der Waals surface area contributed by atoms with E-state index in [1.807, 2.05) is 18.2 Å². The van der Waals surface area contributed by atoms with Gasteiger partial charge in [-0.05, 0) is 18.6 Å². The summed E-state index contributed by atoms with van der Waals surface area (Å²) in [5.74, 6) is 1.39. The summed E-state index contributed by atoms with van der Waals surface area (Å²) in [4.78, 5) is 8.16. The average Bonchev–Trinajstić information content (AvgIpc) is 2.50. The van der Waals surface area contributed by atoms with Crippen LogP contribution in [0, 0.1) is 5.92 Å². The molecular weight excluding hydrogens is 284 g/mol. The van der Waals surface area contributed by atoms with Crippen molar-refractivity contribution in [3.05, 3.63) is 18.2 Å². The molecule has 0 saturated heterocycles. The first kappa shape index (κ1) is 16.3. The van der Waals surface area contributed by atoms with Gasteiger partial charge in [0, 0.05) is 13.0 Å². The van der Waals surface area contributed by atoms with Crippen LogP contribution in [-0.2, 0) is 9.47 Å². The zero-order valence-electron chi connectivity index (χ0n) is 12.9. The standard InChI is InChI=1S/C15H22N4O3/c1-3-10(7-21-9-20-2)8-22-12-6-4-5-11-13(12)14(16)19-15(17)18-11/h4-6,10H,3,7-9H2,1-2H3,(H4,16,17,18,19). The van der Waals surface area contributed by atoms with E-state index < -0.39 is 0 Å². The maximum atomic E-state index is 5.94. The number of anilines is 2. The van der Waals surface area contributed by atoms with E-state index in [-0.39, 0.29) is 18.7 Å². The molecule has 4 N–H and O–H groups in total. The van der Waals surface area contributed by atoms with Gasteiger partial charge in [0.1, 0.15) is 18.4 Å². The molecule has 22 heavy (non-hydrogen) atoms. The minimum Gasteiger partial charge on any atom is -0.492 e. The highest BCUT2D eigenvalue weighted by atomic mass is 16.7. The summed E-state index contributed by atoms with van der Waals surface area (Å²) >= 11 is 0. The highest BCUT2D eigenvalue weighted by Gasteiger charge is 2.12. The van der Waals surface area contributed by atoms with Crippen molar-refractivity contribution < 1.29 is 14.2 Å². The molecule has 120 valence electrons. The molecule has 7 nitrogen and oxygen atoms in total. The van der Waals surface area contributed by atoms with Crippen LogP contribution in [-0.4, -0.2) is 37.1 Å². The van der Waals surface area contributed by atoms with E-state index in [4.69, 9.17) is 25.7 Å². The fourth-order valence-electron chi connectivity index (χ4n) is 2.11. The van der Waals surface area contributed by atoms with Crippen molar-refractivity contribution in [2.24, 2.45) is 5.92 Å². The second-order valence-electron chi connectivity index (χ2n) is 4.98. The zero-order chi connectivity index (χ0) is 15.9. The fraction of sp³-hybridized carbons (Fsp3) is 0.467. The maximum absolute atomic E-state index is 5.94. The Kier molecular flexibility index (Phi) is 5.74. The Morgan fingerprint density at radius 3 is 2.73 bits per heavy atom. The molecule has 0 aliphatic carbocycles. The molecule has 0 fully saturated rings. The first-order chi connectivity index (χ1) is 10.7. The third kappa shape index (κ3) is 3.96. The lowest BCUT2D eigenvalue weighted by Gasteiger charge is -2.17. The van der Waals surface area contributed by atoms with Gasteiger partial charge in [-0.1, -0.05) is 13.0 Å². The Morgan fingerprint density at radius 2 is 2.00 bits per heavy atom.